The average molecular weight is 434 g/mol. The van der Waals surface area contributed by atoms with Crippen LogP contribution in [0.25, 0.3) is 4.96 Å². The second-order valence-electron chi connectivity index (χ2n) is 5.48. The van der Waals surface area contributed by atoms with Gasteiger partial charge in [0, 0.05) is 32.1 Å². The molecule has 8 heteroatoms. The molecule has 0 amide bonds. The second-order valence-corrected chi connectivity index (χ2v) is 8.23. The lowest BCUT2D eigenvalue weighted by Gasteiger charge is -2.05. The van der Waals surface area contributed by atoms with E-state index in [0.29, 0.717) is 15.6 Å². The van der Waals surface area contributed by atoms with Gasteiger partial charge in [-0.3, -0.25) is 4.40 Å². The summed E-state index contributed by atoms with van der Waals surface area (Å²) in [5.41, 5.74) is 1.58. The van der Waals surface area contributed by atoms with Crippen LogP contribution in [0.2, 0.25) is 10.0 Å². The zero-order valence-electron chi connectivity index (χ0n) is 13.9. The fourth-order valence-electron chi connectivity index (χ4n) is 2.44. The van der Waals surface area contributed by atoms with E-state index in [9.17, 15) is 0 Å². The molecule has 0 unspecified atom stereocenters. The van der Waals surface area contributed by atoms with E-state index >= 15 is 0 Å². The molecule has 0 spiro atoms. The Hall–Kier alpha value is -1.99. The van der Waals surface area contributed by atoms with E-state index in [1.54, 1.807) is 47.5 Å². The minimum atomic E-state index is 0.196. The predicted octanol–water partition coefficient (Wildman–Crippen LogP) is 6.40. The highest BCUT2D eigenvalue weighted by Crippen LogP contribution is 2.31. The molecule has 2 aromatic heterocycles. The standard InChI is InChI=1S/C19H13Cl2N3OS2/c20-15-7-4-8-16(21)14(15)12-25-22-11-17-18(23-19-24(17)9-10-26-19)27-13-5-2-1-3-6-13/h1-11H,12H2/b22-11-. The minimum absolute atomic E-state index is 0.196. The van der Waals surface area contributed by atoms with E-state index in [1.807, 2.05) is 34.2 Å². The molecule has 27 heavy (non-hydrogen) atoms. The van der Waals surface area contributed by atoms with Gasteiger partial charge < -0.3 is 4.84 Å². The van der Waals surface area contributed by atoms with Crippen molar-refractivity contribution < 1.29 is 4.84 Å². The maximum Gasteiger partial charge on any atom is 0.195 e. The maximum absolute atomic E-state index is 6.15. The summed E-state index contributed by atoms with van der Waals surface area (Å²) in [5, 5.41) is 8.09. The third-order valence-electron chi connectivity index (χ3n) is 3.74. The van der Waals surface area contributed by atoms with E-state index in [1.165, 1.54) is 0 Å². The summed E-state index contributed by atoms with van der Waals surface area (Å²) in [4.78, 5) is 12.1. The van der Waals surface area contributed by atoms with Crippen molar-refractivity contribution in [1.82, 2.24) is 9.38 Å². The lowest BCUT2D eigenvalue weighted by molar-refractivity contribution is 0.132. The van der Waals surface area contributed by atoms with Gasteiger partial charge in [0.25, 0.3) is 0 Å². The van der Waals surface area contributed by atoms with Crippen LogP contribution in [0.5, 0.6) is 0 Å². The van der Waals surface area contributed by atoms with Gasteiger partial charge in [0.2, 0.25) is 0 Å². The molecular weight excluding hydrogens is 421 g/mol. The zero-order valence-corrected chi connectivity index (χ0v) is 17.0. The number of aromatic nitrogens is 2. The Morgan fingerprint density at radius 1 is 1.11 bits per heavy atom. The highest BCUT2D eigenvalue weighted by molar-refractivity contribution is 7.99. The number of nitrogens with zero attached hydrogens (tertiary/aromatic N) is 3. The Bertz CT molecular complexity index is 1070. The van der Waals surface area contributed by atoms with Crippen molar-refractivity contribution in [2.45, 2.75) is 16.5 Å². The van der Waals surface area contributed by atoms with Crippen LogP contribution in [0, 0.1) is 0 Å². The summed E-state index contributed by atoms with van der Waals surface area (Å²) >= 11 is 15.5. The van der Waals surface area contributed by atoms with Gasteiger partial charge in [-0.25, -0.2) is 4.98 Å². The van der Waals surface area contributed by atoms with E-state index in [2.05, 4.69) is 22.3 Å². The van der Waals surface area contributed by atoms with E-state index < -0.39 is 0 Å². The second kappa shape index (κ2) is 8.35. The van der Waals surface area contributed by atoms with Gasteiger partial charge >= 0.3 is 0 Å². The molecule has 0 atom stereocenters. The van der Waals surface area contributed by atoms with Crippen LogP contribution in [0.1, 0.15) is 11.3 Å². The number of oxime groups is 1. The molecule has 4 nitrogen and oxygen atoms in total. The zero-order chi connectivity index (χ0) is 18.6. The Morgan fingerprint density at radius 3 is 2.67 bits per heavy atom. The van der Waals surface area contributed by atoms with Crippen molar-refractivity contribution in [3.05, 3.63) is 81.4 Å². The monoisotopic (exact) mass is 433 g/mol. The number of benzene rings is 2. The number of hydrogen-bond donors (Lipinski definition) is 0. The Morgan fingerprint density at radius 2 is 1.89 bits per heavy atom. The lowest BCUT2D eigenvalue weighted by atomic mass is 10.2. The van der Waals surface area contributed by atoms with Crippen molar-refractivity contribution in [3.63, 3.8) is 0 Å². The van der Waals surface area contributed by atoms with Crippen molar-refractivity contribution in [2.24, 2.45) is 5.16 Å². The summed E-state index contributed by atoms with van der Waals surface area (Å²) in [5.74, 6) is 0. The SMILES string of the molecule is Clc1cccc(Cl)c1CO/N=C\c1c(Sc2ccccc2)nc2sccn12. The Kier molecular flexibility index (Phi) is 5.69. The van der Waals surface area contributed by atoms with E-state index in [-0.39, 0.29) is 6.61 Å². The first-order chi connectivity index (χ1) is 13.2. The van der Waals surface area contributed by atoms with Crippen LogP contribution >= 0.6 is 46.3 Å². The highest BCUT2D eigenvalue weighted by Gasteiger charge is 2.13. The van der Waals surface area contributed by atoms with Crippen LogP contribution in [-0.4, -0.2) is 15.6 Å². The topological polar surface area (TPSA) is 38.9 Å². The van der Waals surface area contributed by atoms with Gasteiger partial charge in [0.05, 0.1) is 6.21 Å². The van der Waals surface area contributed by atoms with E-state index in [4.69, 9.17) is 28.0 Å². The highest BCUT2D eigenvalue weighted by atomic mass is 35.5. The smallest absolute Gasteiger partial charge is 0.195 e. The predicted molar refractivity (Wildman–Crippen MR) is 112 cm³/mol. The molecule has 0 bridgehead atoms. The molecule has 0 saturated carbocycles. The summed E-state index contributed by atoms with van der Waals surface area (Å²) in [6.07, 6.45) is 3.64. The summed E-state index contributed by atoms with van der Waals surface area (Å²) < 4.78 is 1.99. The molecule has 0 saturated heterocycles. The van der Waals surface area contributed by atoms with Crippen LogP contribution in [0.3, 0.4) is 0 Å². The molecular formula is C19H13Cl2N3OS2. The first-order valence-electron chi connectivity index (χ1n) is 7.99. The molecule has 4 aromatic rings. The quantitative estimate of drug-likeness (QED) is 0.260. The van der Waals surface area contributed by atoms with Crippen molar-refractivity contribution >= 4 is 57.5 Å². The number of rotatable bonds is 6. The summed E-state index contributed by atoms with van der Waals surface area (Å²) in [6.45, 7) is 0.196. The van der Waals surface area contributed by atoms with Gasteiger partial charge in [-0.15, -0.1) is 11.3 Å². The first kappa shape index (κ1) is 18.4. The number of fused-ring (bicyclic) bond motifs is 1. The number of halogens is 2. The van der Waals surface area contributed by atoms with Crippen LogP contribution in [-0.2, 0) is 11.4 Å². The molecule has 2 aromatic carbocycles. The van der Waals surface area contributed by atoms with Gasteiger partial charge in [0.15, 0.2) is 4.96 Å². The number of thiazole rings is 1. The van der Waals surface area contributed by atoms with Gasteiger partial charge in [-0.2, -0.15) is 0 Å². The Labute approximate surface area is 174 Å². The van der Waals surface area contributed by atoms with Crippen LogP contribution in [0.15, 0.2) is 75.2 Å². The third kappa shape index (κ3) is 4.14. The van der Waals surface area contributed by atoms with Crippen LogP contribution < -0.4 is 0 Å². The molecule has 0 radical (unpaired) electrons. The third-order valence-corrected chi connectivity index (χ3v) is 6.21. The molecule has 4 rings (SSSR count). The molecule has 0 aliphatic carbocycles. The number of imidazole rings is 1. The maximum atomic E-state index is 6.15. The van der Waals surface area contributed by atoms with Gasteiger partial charge in [0.1, 0.15) is 17.3 Å². The largest absolute Gasteiger partial charge is 0.391 e. The van der Waals surface area contributed by atoms with Crippen molar-refractivity contribution in [1.29, 1.82) is 0 Å². The molecule has 0 aliphatic heterocycles. The average Bonchev–Trinajstić information content (AvgIpc) is 3.23. The fraction of sp³-hybridized carbons (Fsp3) is 0.0526. The number of hydrogen-bond acceptors (Lipinski definition) is 5. The van der Waals surface area contributed by atoms with Crippen molar-refractivity contribution in [3.8, 4) is 0 Å². The van der Waals surface area contributed by atoms with Gasteiger partial charge in [-0.1, -0.05) is 64.4 Å². The Balaban J connectivity index is 1.55. The first-order valence-corrected chi connectivity index (χ1v) is 10.4. The fourth-order valence-corrected chi connectivity index (χ4v) is 4.62. The van der Waals surface area contributed by atoms with E-state index in [0.717, 1.165) is 20.6 Å². The molecule has 136 valence electrons. The lowest BCUT2D eigenvalue weighted by Crippen LogP contribution is -1.94. The summed E-state index contributed by atoms with van der Waals surface area (Å²) in [6, 6.07) is 15.4. The minimum Gasteiger partial charge on any atom is -0.391 e. The van der Waals surface area contributed by atoms with Crippen LogP contribution in [0.4, 0.5) is 0 Å². The van der Waals surface area contributed by atoms with Crippen molar-refractivity contribution in [2.75, 3.05) is 0 Å². The molecule has 0 fully saturated rings. The summed E-state index contributed by atoms with van der Waals surface area (Å²) in [7, 11) is 0. The molecule has 0 aliphatic rings. The molecule has 0 N–H and O–H groups in total. The van der Waals surface area contributed by atoms with Gasteiger partial charge in [-0.05, 0) is 24.3 Å². The molecule has 2 heterocycles. The normalized spacial score (nSPS) is 11.5.